The van der Waals surface area contributed by atoms with Crippen molar-refractivity contribution in [1.29, 1.82) is 0 Å². The molecule has 12 heteroatoms. The van der Waals surface area contributed by atoms with Gasteiger partial charge in [-0.2, -0.15) is 0 Å². The van der Waals surface area contributed by atoms with Crippen molar-refractivity contribution in [3.63, 3.8) is 0 Å². The molecule has 2 fully saturated rings. The molecule has 2 saturated heterocycles. The number of unbranched alkanes of at least 4 members (excludes halogenated alkanes) is 8. The second-order valence-electron chi connectivity index (χ2n) is 13.4. The maximum Gasteiger partial charge on any atom is 0.185 e. The highest BCUT2D eigenvalue weighted by Crippen LogP contribution is 2.42. The van der Waals surface area contributed by atoms with Crippen LogP contribution in [0.25, 0.3) is 0 Å². The lowest BCUT2D eigenvalue weighted by Gasteiger charge is -2.41. The van der Waals surface area contributed by atoms with Crippen LogP contribution in [-0.4, -0.2) is 79.4 Å². The molecule has 2 aliphatic rings. The highest BCUT2D eigenvalue weighted by atomic mass is 16.2. The molecule has 12 N–H and O–H groups in total. The zero-order chi connectivity index (χ0) is 34.0. The minimum atomic E-state index is -2.22. The summed E-state index contributed by atoms with van der Waals surface area (Å²) in [7, 11) is 0. The minimum Gasteiger partial charge on any atom is -0.370 e. The predicted octanol–water partition coefficient (Wildman–Crippen LogP) is 1.74. The number of carbonyl (C=O) groups excluding carboxylic acids is 4. The van der Waals surface area contributed by atoms with E-state index in [0.29, 0.717) is 58.2 Å². The van der Waals surface area contributed by atoms with Crippen molar-refractivity contribution in [3.05, 3.63) is 0 Å². The molecule has 264 valence electrons. The van der Waals surface area contributed by atoms with Gasteiger partial charge in [0.05, 0.1) is 24.2 Å². The lowest BCUT2D eigenvalue weighted by atomic mass is 9.58. The molecule has 5 atom stereocenters. The Morgan fingerprint density at radius 3 is 1.76 bits per heavy atom. The third kappa shape index (κ3) is 11.5. The highest BCUT2D eigenvalue weighted by molar-refractivity contribution is 6.30. The number of ketones is 4. The van der Waals surface area contributed by atoms with Gasteiger partial charge in [-0.25, -0.2) is 0 Å². The average molecular weight is 649 g/mol. The number of nitrogens with two attached hydrogens (primary N) is 5. The number of carbonyl (C=O) groups is 4. The summed E-state index contributed by atoms with van der Waals surface area (Å²) in [4.78, 5) is 63.0. The molecule has 2 heterocycles. The van der Waals surface area contributed by atoms with Crippen molar-refractivity contribution < 1.29 is 19.2 Å². The standard InChI is InChI=1S/C34H64N8O4/c1-2-3-4-5-6-7-8-9-15-24(29(43)25(36)17-12-23-42-33(38)39)34(31(45)27-18-13-21-40-27,32(46)28-19-14-22-41-28)30(44)26(37)16-10-11-20-35/h24-28,40-41H,2-23,35-37H2,1H3,(H4,38,39,42). The van der Waals surface area contributed by atoms with Crippen LogP contribution < -0.4 is 39.3 Å². The monoisotopic (exact) mass is 649 g/mol. The van der Waals surface area contributed by atoms with E-state index in [1.165, 1.54) is 19.3 Å². The van der Waals surface area contributed by atoms with Crippen molar-refractivity contribution in [3.8, 4) is 0 Å². The lowest BCUT2D eigenvalue weighted by Crippen LogP contribution is -2.66. The Labute approximate surface area is 276 Å². The second-order valence-corrected chi connectivity index (χ2v) is 13.4. The number of guanidine groups is 1. The molecular formula is C34H64N8O4. The number of hydrogen-bond donors (Lipinski definition) is 7. The molecule has 0 aromatic rings. The van der Waals surface area contributed by atoms with E-state index in [4.69, 9.17) is 28.7 Å². The van der Waals surface area contributed by atoms with Crippen LogP contribution >= 0.6 is 0 Å². The largest absolute Gasteiger partial charge is 0.370 e. The first-order valence-corrected chi connectivity index (χ1v) is 18.0. The van der Waals surface area contributed by atoms with Crippen LogP contribution in [0.4, 0.5) is 0 Å². The maximum atomic E-state index is 14.8. The van der Waals surface area contributed by atoms with Crippen LogP contribution in [0.2, 0.25) is 0 Å². The molecule has 0 spiro atoms. The van der Waals surface area contributed by atoms with Crippen molar-refractivity contribution in [1.82, 2.24) is 10.6 Å². The van der Waals surface area contributed by atoms with E-state index in [2.05, 4.69) is 22.5 Å². The van der Waals surface area contributed by atoms with Gasteiger partial charge >= 0.3 is 0 Å². The number of aliphatic imine (C=N–C) groups is 1. The summed E-state index contributed by atoms with van der Waals surface area (Å²) < 4.78 is 0. The number of Topliss-reactive ketones (excluding diaryl/α,β-unsaturated/α-hetero) is 4. The van der Waals surface area contributed by atoms with Gasteiger partial charge < -0.3 is 39.3 Å². The fourth-order valence-electron chi connectivity index (χ4n) is 7.15. The first-order valence-electron chi connectivity index (χ1n) is 18.0. The molecule has 5 unspecified atom stereocenters. The van der Waals surface area contributed by atoms with Crippen LogP contribution in [-0.2, 0) is 19.2 Å². The summed E-state index contributed by atoms with van der Waals surface area (Å²) in [6.07, 6.45) is 13.1. The molecule has 0 amide bonds. The number of nitrogens with one attached hydrogen (secondary N) is 2. The van der Waals surface area contributed by atoms with Gasteiger partial charge in [-0.3, -0.25) is 24.2 Å². The van der Waals surface area contributed by atoms with Crippen LogP contribution in [0.1, 0.15) is 122 Å². The summed E-state index contributed by atoms with van der Waals surface area (Å²) in [5.41, 5.74) is 27.5. The zero-order valence-corrected chi connectivity index (χ0v) is 28.4. The Kier molecular flexibility index (Phi) is 18.7. The topological polar surface area (TPSA) is 235 Å². The average Bonchev–Trinajstić information content (AvgIpc) is 3.78. The highest BCUT2D eigenvalue weighted by Gasteiger charge is 2.63. The van der Waals surface area contributed by atoms with Crippen molar-refractivity contribution >= 4 is 29.1 Å². The smallest absolute Gasteiger partial charge is 0.185 e. The Morgan fingerprint density at radius 1 is 0.739 bits per heavy atom. The van der Waals surface area contributed by atoms with Crippen LogP contribution in [0.3, 0.4) is 0 Å². The normalized spacial score (nSPS) is 21.3. The molecule has 0 radical (unpaired) electrons. The van der Waals surface area contributed by atoms with E-state index in [-0.39, 0.29) is 31.8 Å². The third-order valence-corrected chi connectivity index (χ3v) is 9.77. The first kappa shape index (κ1) is 39.9. The first-order chi connectivity index (χ1) is 22.1. The number of hydrogen-bond acceptors (Lipinski definition) is 10. The van der Waals surface area contributed by atoms with Gasteiger partial charge in [-0.05, 0) is 77.4 Å². The predicted molar refractivity (Wildman–Crippen MR) is 184 cm³/mol. The summed E-state index contributed by atoms with van der Waals surface area (Å²) >= 11 is 0. The van der Waals surface area contributed by atoms with E-state index in [0.717, 1.165) is 38.5 Å². The number of nitrogens with zero attached hydrogens (tertiary/aromatic N) is 1. The van der Waals surface area contributed by atoms with Crippen LogP contribution in [0, 0.1) is 11.3 Å². The fraction of sp³-hybridized carbons (Fsp3) is 0.853. The van der Waals surface area contributed by atoms with Gasteiger partial charge in [0.15, 0.2) is 34.5 Å². The van der Waals surface area contributed by atoms with Crippen molar-refractivity contribution in [2.75, 3.05) is 26.2 Å². The summed E-state index contributed by atoms with van der Waals surface area (Å²) in [5.74, 6) is -3.38. The fourth-order valence-corrected chi connectivity index (χ4v) is 7.15. The summed E-state index contributed by atoms with van der Waals surface area (Å²) in [6, 6.07) is -3.51. The Balaban J connectivity index is 2.56. The van der Waals surface area contributed by atoms with Gasteiger partial charge in [-0.1, -0.05) is 64.7 Å². The van der Waals surface area contributed by atoms with Crippen LogP contribution in [0.5, 0.6) is 0 Å². The second kappa shape index (κ2) is 21.6. The van der Waals surface area contributed by atoms with E-state index < -0.39 is 58.6 Å². The van der Waals surface area contributed by atoms with Gasteiger partial charge in [0.25, 0.3) is 0 Å². The van der Waals surface area contributed by atoms with E-state index in [9.17, 15) is 19.2 Å². The van der Waals surface area contributed by atoms with E-state index >= 15 is 0 Å². The van der Waals surface area contributed by atoms with Gasteiger partial charge in [0.2, 0.25) is 0 Å². The molecule has 0 aromatic heterocycles. The molecule has 0 aromatic carbocycles. The lowest BCUT2D eigenvalue weighted by molar-refractivity contribution is -0.160. The van der Waals surface area contributed by atoms with E-state index in [1.54, 1.807) is 0 Å². The molecule has 0 bridgehead atoms. The number of rotatable bonds is 26. The molecular weight excluding hydrogens is 584 g/mol. The Morgan fingerprint density at radius 2 is 1.26 bits per heavy atom. The Hall–Kier alpha value is -2.25. The van der Waals surface area contributed by atoms with Crippen molar-refractivity contribution in [2.24, 2.45) is 45.0 Å². The third-order valence-electron chi connectivity index (χ3n) is 9.77. The van der Waals surface area contributed by atoms with Crippen LogP contribution in [0.15, 0.2) is 4.99 Å². The molecule has 2 rings (SSSR count). The molecule has 46 heavy (non-hydrogen) atoms. The summed E-state index contributed by atoms with van der Waals surface area (Å²) in [6.45, 7) is 4.11. The molecule has 0 saturated carbocycles. The SMILES string of the molecule is CCCCCCCCCCC(C(=O)C(N)CCCN=C(N)N)C(C(=O)C(N)CCCCN)(C(=O)C1CCCN1)C(=O)C1CCCN1. The Bertz CT molecular complexity index is 946. The molecule has 2 aliphatic heterocycles. The summed E-state index contributed by atoms with van der Waals surface area (Å²) in [5, 5.41) is 6.43. The molecule has 0 aliphatic carbocycles. The minimum absolute atomic E-state index is 0.0509. The van der Waals surface area contributed by atoms with E-state index in [1.807, 2.05) is 0 Å². The zero-order valence-electron chi connectivity index (χ0n) is 28.4. The van der Waals surface area contributed by atoms with Gasteiger partial charge in [-0.15, -0.1) is 0 Å². The molecule has 12 nitrogen and oxygen atoms in total. The van der Waals surface area contributed by atoms with Gasteiger partial charge in [0, 0.05) is 12.5 Å². The maximum absolute atomic E-state index is 14.8. The van der Waals surface area contributed by atoms with Crippen molar-refractivity contribution in [2.45, 2.75) is 147 Å². The quantitative estimate of drug-likeness (QED) is 0.0309. The van der Waals surface area contributed by atoms with Gasteiger partial charge in [0.1, 0.15) is 0 Å².